The lowest BCUT2D eigenvalue weighted by Crippen LogP contribution is -2.14. The first-order valence-electron chi connectivity index (χ1n) is 10.2. The van der Waals surface area contributed by atoms with E-state index in [1.54, 1.807) is 36.4 Å². The van der Waals surface area contributed by atoms with Crippen LogP contribution >= 0.6 is 0 Å². The quantitative estimate of drug-likeness (QED) is 0.400. The molecular weight excluding hydrogens is 409 g/mol. The van der Waals surface area contributed by atoms with Gasteiger partial charge in [-0.1, -0.05) is 48.0 Å². The molecule has 0 fully saturated rings. The number of para-hydroxylation sites is 1. The minimum atomic E-state index is -1.05. The number of carboxylic acids is 1. The first kappa shape index (κ1) is 21.3. The summed E-state index contributed by atoms with van der Waals surface area (Å²) in [6, 6.07) is 16.7. The number of anilines is 1. The molecule has 32 heavy (non-hydrogen) atoms. The summed E-state index contributed by atoms with van der Waals surface area (Å²) in [5.74, 6) is -2.11. The standard InChI is InChI=1S/C26H22FNO4/c1-14-8-10-17(11-9-14)24-22(27)23(29)20-13-15(2)12-19(25(20)32-24)16(3)28-21-7-5-4-6-18(21)26(30)31/h4-13,16,28H,1-3H3,(H,30,31). The zero-order valence-corrected chi connectivity index (χ0v) is 17.9. The van der Waals surface area contributed by atoms with Gasteiger partial charge in [-0.2, -0.15) is 4.39 Å². The summed E-state index contributed by atoms with van der Waals surface area (Å²) in [5.41, 5.74) is 2.97. The maximum absolute atomic E-state index is 15.0. The van der Waals surface area contributed by atoms with Gasteiger partial charge < -0.3 is 14.8 Å². The fourth-order valence-corrected chi connectivity index (χ4v) is 3.77. The van der Waals surface area contributed by atoms with Crippen LogP contribution in [-0.2, 0) is 0 Å². The van der Waals surface area contributed by atoms with E-state index in [-0.39, 0.29) is 22.3 Å². The third-order valence-electron chi connectivity index (χ3n) is 5.42. The van der Waals surface area contributed by atoms with Gasteiger partial charge in [-0.3, -0.25) is 4.79 Å². The molecule has 3 aromatic carbocycles. The molecule has 4 aromatic rings. The number of nitrogens with one attached hydrogen (secondary N) is 1. The van der Waals surface area contributed by atoms with E-state index < -0.39 is 23.3 Å². The summed E-state index contributed by atoms with van der Waals surface area (Å²) < 4.78 is 21.0. The average molecular weight is 431 g/mol. The summed E-state index contributed by atoms with van der Waals surface area (Å²) in [7, 11) is 0. The second kappa shape index (κ2) is 8.30. The molecule has 0 radical (unpaired) electrons. The van der Waals surface area contributed by atoms with Crippen LogP contribution in [0.5, 0.6) is 0 Å². The lowest BCUT2D eigenvalue weighted by Gasteiger charge is -2.19. The van der Waals surface area contributed by atoms with Crippen molar-refractivity contribution in [1.82, 2.24) is 0 Å². The second-order valence-corrected chi connectivity index (χ2v) is 7.89. The fraction of sp³-hybridized carbons (Fsp3) is 0.154. The van der Waals surface area contributed by atoms with Gasteiger partial charge in [0.25, 0.3) is 0 Å². The minimum absolute atomic E-state index is 0.120. The Bertz CT molecular complexity index is 1390. The lowest BCUT2D eigenvalue weighted by atomic mass is 10.00. The van der Waals surface area contributed by atoms with Crippen LogP contribution in [0.4, 0.5) is 10.1 Å². The summed E-state index contributed by atoms with van der Waals surface area (Å²) in [4.78, 5) is 24.5. The SMILES string of the molecule is Cc1ccc(-c2oc3c(C(C)Nc4ccccc4C(=O)O)cc(C)cc3c(=O)c2F)cc1. The molecule has 1 unspecified atom stereocenters. The van der Waals surface area contributed by atoms with Gasteiger partial charge in [-0.05, 0) is 44.5 Å². The molecule has 4 rings (SSSR count). The molecule has 0 aliphatic heterocycles. The minimum Gasteiger partial charge on any atom is -0.478 e. The monoisotopic (exact) mass is 431 g/mol. The number of hydrogen-bond donors (Lipinski definition) is 2. The van der Waals surface area contributed by atoms with Crippen molar-refractivity contribution < 1.29 is 18.7 Å². The van der Waals surface area contributed by atoms with E-state index in [0.29, 0.717) is 16.8 Å². The highest BCUT2D eigenvalue weighted by atomic mass is 19.1. The summed E-state index contributed by atoms with van der Waals surface area (Å²) >= 11 is 0. The van der Waals surface area contributed by atoms with Crippen LogP contribution < -0.4 is 10.7 Å². The van der Waals surface area contributed by atoms with Gasteiger partial charge in [0.05, 0.1) is 17.0 Å². The highest BCUT2D eigenvalue weighted by molar-refractivity contribution is 5.94. The third kappa shape index (κ3) is 3.87. The van der Waals surface area contributed by atoms with Crippen molar-refractivity contribution in [2.45, 2.75) is 26.8 Å². The molecule has 0 saturated heterocycles. The van der Waals surface area contributed by atoms with Gasteiger partial charge in [0, 0.05) is 16.8 Å². The van der Waals surface area contributed by atoms with Crippen LogP contribution in [0.2, 0.25) is 0 Å². The molecule has 0 saturated carbocycles. The van der Waals surface area contributed by atoms with Crippen LogP contribution in [-0.4, -0.2) is 11.1 Å². The first-order chi connectivity index (χ1) is 15.3. The largest absolute Gasteiger partial charge is 0.478 e. The molecule has 1 heterocycles. The molecule has 2 N–H and O–H groups in total. The number of aryl methyl sites for hydroxylation is 2. The van der Waals surface area contributed by atoms with Crippen molar-refractivity contribution in [2.75, 3.05) is 5.32 Å². The first-order valence-corrected chi connectivity index (χ1v) is 10.2. The molecule has 1 atom stereocenters. The summed E-state index contributed by atoms with van der Waals surface area (Å²) in [5, 5.41) is 12.8. The number of hydrogen-bond acceptors (Lipinski definition) is 4. The number of benzene rings is 3. The second-order valence-electron chi connectivity index (χ2n) is 7.89. The smallest absolute Gasteiger partial charge is 0.337 e. The lowest BCUT2D eigenvalue weighted by molar-refractivity contribution is 0.0698. The van der Waals surface area contributed by atoms with E-state index in [1.807, 2.05) is 39.0 Å². The Morgan fingerprint density at radius 1 is 1.03 bits per heavy atom. The van der Waals surface area contributed by atoms with Crippen molar-refractivity contribution in [2.24, 2.45) is 0 Å². The Kier molecular flexibility index (Phi) is 5.53. The van der Waals surface area contributed by atoms with Crippen molar-refractivity contribution in [3.8, 4) is 11.3 Å². The highest BCUT2D eigenvalue weighted by Gasteiger charge is 2.21. The van der Waals surface area contributed by atoms with E-state index in [9.17, 15) is 19.1 Å². The van der Waals surface area contributed by atoms with Gasteiger partial charge in [-0.25, -0.2) is 4.79 Å². The topological polar surface area (TPSA) is 79.5 Å². The van der Waals surface area contributed by atoms with Crippen molar-refractivity contribution in [1.29, 1.82) is 0 Å². The van der Waals surface area contributed by atoms with Gasteiger partial charge in [0.15, 0.2) is 5.76 Å². The molecular formula is C26H22FNO4. The number of aromatic carboxylic acids is 1. The van der Waals surface area contributed by atoms with E-state index in [2.05, 4.69) is 5.32 Å². The molecule has 0 amide bonds. The zero-order valence-electron chi connectivity index (χ0n) is 17.9. The number of rotatable bonds is 5. The normalized spacial score (nSPS) is 12.0. The predicted octanol–water partition coefficient (Wildman–Crippen LogP) is 6.09. The fourth-order valence-electron chi connectivity index (χ4n) is 3.77. The predicted molar refractivity (Wildman–Crippen MR) is 123 cm³/mol. The molecule has 0 aliphatic rings. The van der Waals surface area contributed by atoms with Crippen molar-refractivity contribution >= 4 is 22.6 Å². The Morgan fingerprint density at radius 2 is 1.72 bits per heavy atom. The number of carboxylic acid groups (broad SMARTS) is 1. The van der Waals surface area contributed by atoms with Gasteiger partial charge in [-0.15, -0.1) is 0 Å². The molecule has 5 nitrogen and oxygen atoms in total. The van der Waals surface area contributed by atoms with E-state index in [4.69, 9.17) is 4.42 Å². The molecule has 6 heteroatoms. The van der Waals surface area contributed by atoms with Crippen LogP contribution in [0.15, 0.2) is 69.9 Å². The van der Waals surface area contributed by atoms with Gasteiger partial charge >= 0.3 is 5.97 Å². The average Bonchev–Trinajstić information content (AvgIpc) is 2.77. The maximum Gasteiger partial charge on any atom is 0.337 e. The zero-order chi connectivity index (χ0) is 23.0. The molecule has 0 spiro atoms. The Morgan fingerprint density at radius 3 is 2.41 bits per heavy atom. The highest BCUT2D eigenvalue weighted by Crippen LogP contribution is 2.32. The molecule has 0 aliphatic carbocycles. The Balaban J connectivity index is 1.89. The summed E-state index contributed by atoms with van der Waals surface area (Å²) in [6.07, 6.45) is 0. The van der Waals surface area contributed by atoms with E-state index in [1.165, 1.54) is 6.07 Å². The molecule has 162 valence electrons. The molecule has 0 bridgehead atoms. The third-order valence-corrected chi connectivity index (χ3v) is 5.42. The Labute approximate surface area is 184 Å². The Hall–Kier alpha value is -3.93. The number of carbonyl (C=O) groups is 1. The van der Waals surface area contributed by atoms with Crippen LogP contribution in [0.1, 0.15) is 40.0 Å². The van der Waals surface area contributed by atoms with Crippen molar-refractivity contribution in [3.05, 3.63) is 99.0 Å². The van der Waals surface area contributed by atoms with Gasteiger partial charge in [0.1, 0.15) is 5.58 Å². The molecule has 1 aromatic heterocycles. The van der Waals surface area contributed by atoms with Crippen LogP contribution in [0, 0.1) is 19.7 Å². The van der Waals surface area contributed by atoms with E-state index in [0.717, 1.165) is 11.1 Å². The van der Waals surface area contributed by atoms with Crippen LogP contribution in [0.25, 0.3) is 22.3 Å². The maximum atomic E-state index is 15.0. The van der Waals surface area contributed by atoms with E-state index >= 15 is 0 Å². The van der Waals surface area contributed by atoms with Crippen molar-refractivity contribution in [3.63, 3.8) is 0 Å². The number of fused-ring (bicyclic) bond motifs is 1. The number of halogens is 1. The van der Waals surface area contributed by atoms with Gasteiger partial charge in [0.2, 0.25) is 11.2 Å². The summed E-state index contributed by atoms with van der Waals surface area (Å²) in [6.45, 7) is 5.56. The van der Waals surface area contributed by atoms with Crippen LogP contribution in [0.3, 0.4) is 0 Å².